The molecule has 3 rings (SSSR count). The molecule has 3 nitrogen and oxygen atoms in total. The summed E-state index contributed by atoms with van der Waals surface area (Å²) in [6.07, 6.45) is 16.0. The second-order valence-corrected chi connectivity index (χ2v) is 10.6. The lowest BCUT2D eigenvalue weighted by molar-refractivity contribution is -0.143. The normalized spacial score (nSPS) is 16.9. The van der Waals surface area contributed by atoms with Crippen molar-refractivity contribution < 1.29 is 23.0 Å². The van der Waals surface area contributed by atoms with Gasteiger partial charge in [-0.1, -0.05) is 96.6 Å². The molecule has 2 aromatic rings. The van der Waals surface area contributed by atoms with Crippen molar-refractivity contribution in [2.75, 3.05) is 6.61 Å². The Bertz CT molecular complexity index is 969. The Kier molecular flexibility index (Phi) is 12.4. The highest BCUT2D eigenvalue weighted by molar-refractivity contribution is 5.76. The van der Waals surface area contributed by atoms with Crippen molar-refractivity contribution >= 4 is 5.97 Å². The summed E-state index contributed by atoms with van der Waals surface area (Å²) >= 11 is 0. The third-order valence-corrected chi connectivity index (χ3v) is 7.45. The maximum atomic E-state index is 14.7. The molecule has 204 valence electrons. The molecule has 0 N–H and O–H groups in total. The van der Waals surface area contributed by atoms with E-state index in [0.717, 1.165) is 32.1 Å². The molecule has 1 saturated carbocycles. The second-order valence-electron chi connectivity index (χ2n) is 10.6. The number of esters is 1. The van der Waals surface area contributed by atoms with Crippen LogP contribution in [0.15, 0.2) is 36.4 Å². The first-order valence-electron chi connectivity index (χ1n) is 14.5. The number of ether oxygens (including phenoxy) is 2. The third kappa shape index (κ3) is 9.43. The van der Waals surface area contributed by atoms with Gasteiger partial charge in [0.05, 0.1) is 12.5 Å². The van der Waals surface area contributed by atoms with Gasteiger partial charge in [-0.15, -0.1) is 0 Å². The molecule has 0 spiro atoms. The number of carbonyl (C=O) groups excluding carboxylic acids is 1. The van der Waals surface area contributed by atoms with Crippen molar-refractivity contribution in [2.24, 2.45) is 11.8 Å². The second kappa shape index (κ2) is 15.7. The van der Waals surface area contributed by atoms with E-state index < -0.39 is 11.6 Å². The highest BCUT2D eigenvalue weighted by atomic mass is 19.1. The van der Waals surface area contributed by atoms with Crippen LogP contribution < -0.4 is 9.47 Å². The van der Waals surface area contributed by atoms with Gasteiger partial charge in [-0.25, -0.2) is 8.78 Å². The third-order valence-electron chi connectivity index (χ3n) is 7.45. The van der Waals surface area contributed by atoms with E-state index in [1.165, 1.54) is 76.0 Å². The fourth-order valence-corrected chi connectivity index (χ4v) is 5.02. The van der Waals surface area contributed by atoms with E-state index in [1.54, 1.807) is 18.2 Å². The zero-order valence-corrected chi connectivity index (χ0v) is 22.7. The molecule has 0 amide bonds. The van der Waals surface area contributed by atoms with Crippen LogP contribution in [0.2, 0.25) is 0 Å². The van der Waals surface area contributed by atoms with Gasteiger partial charge in [0.25, 0.3) is 0 Å². The Hall–Kier alpha value is -2.43. The number of hydrogen-bond donors (Lipinski definition) is 0. The van der Waals surface area contributed by atoms with Gasteiger partial charge >= 0.3 is 5.97 Å². The SMILES string of the molecule is CCCCCCCCCCOc1ccc(-c2ccc(OC(=O)C3CC(CCCCC)C3)c(F)c2)cc1F. The Balaban J connectivity index is 1.43. The molecule has 0 saturated heterocycles. The average molecular weight is 515 g/mol. The molecule has 2 aromatic carbocycles. The Morgan fingerprint density at radius 3 is 1.89 bits per heavy atom. The lowest BCUT2D eigenvalue weighted by Gasteiger charge is -2.33. The summed E-state index contributed by atoms with van der Waals surface area (Å²) in [4.78, 5) is 12.4. The van der Waals surface area contributed by atoms with Crippen molar-refractivity contribution in [3.63, 3.8) is 0 Å². The van der Waals surface area contributed by atoms with Crippen molar-refractivity contribution in [3.05, 3.63) is 48.0 Å². The molecule has 0 atom stereocenters. The summed E-state index contributed by atoms with van der Waals surface area (Å²) in [5.74, 6) is -0.870. The first kappa shape index (κ1) is 29.1. The van der Waals surface area contributed by atoms with Gasteiger partial charge in [0, 0.05) is 0 Å². The number of carbonyl (C=O) groups is 1. The first-order valence-corrected chi connectivity index (χ1v) is 14.5. The maximum absolute atomic E-state index is 14.7. The molecule has 0 aromatic heterocycles. The molecule has 0 heterocycles. The van der Waals surface area contributed by atoms with Crippen LogP contribution in [0.5, 0.6) is 11.5 Å². The summed E-state index contributed by atoms with van der Waals surface area (Å²) in [6.45, 7) is 4.89. The van der Waals surface area contributed by atoms with Crippen LogP contribution in [0.3, 0.4) is 0 Å². The van der Waals surface area contributed by atoms with Gasteiger partial charge in [-0.05, 0) is 60.6 Å². The fraction of sp³-hybridized carbons (Fsp3) is 0.594. The summed E-state index contributed by atoms with van der Waals surface area (Å²) in [5, 5.41) is 0. The van der Waals surface area contributed by atoms with Gasteiger partial charge in [0.15, 0.2) is 23.1 Å². The lowest BCUT2D eigenvalue weighted by atomic mass is 9.72. The number of benzene rings is 2. The van der Waals surface area contributed by atoms with E-state index in [2.05, 4.69) is 13.8 Å². The van der Waals surface area contributed by atoms with Crippen LogP contribution in [-0.4, -0.2) is 12.6 Å². The number of unbranched alkanes of at least 4 members (excludes halogenated alkanes) is 9. The largest absolute Gasteiger partial charge is 0.491 e. The van der Waals surface area contributed by atoms with Crippen LogP contribution >= 0.6 is 0 Å². The summed E-state index contributed by atoms with van der Waals surface area (Å²) in [6, 6.07) is 9.05. The predicted octanol–water partition coefficient (Wildman–Crippen LogP) is 9.66. The molecule has 0 aliphatic heterocycles. The molecule has 0 unspecified atom stereocenters. The van der Waals surface area contributed by atoms with Crippen LogP contribution in [0.4, 0.5) is 8.78 Å². The van der Waals surface area contributed by atoms with E-state index in [0.29, 0.717) is 23.7 Å². The van der Waals surface area contributed by atoms with Crippen LogP contribution in [0.1, 0.15) is 104 Å². The zero-order valence-electron chi connectivity index (χ0n) is 22.7. The molecule has 1 aliphatic rings. The number of rotatable bonds is 17. The maximum Gasteiger partial charge on any atom is 0.314 e. The van der Waals surface area contributed by atoms with Gasteiger partial charge in [-0.2, -0.15) is 0 Å². The molecule has 0 radical (unpaired) electrons. The monoisotopic (exact) mass is 514 g/mol. The van der Waals surface area contributed by atoms with E-state index in [4.69, 9.17) is 9.47 Å². The summed E-state index contributed by atoms with van der Waals surface area (Å²) < 4.78 is 40.3. The minimum atomic E-state index is -0.625. The first-order chi connectivity index (χ1) is 18.0. The standard InChI is InChI=1S/C32H44F2O3/c1-3-5-7-8-9-10-11-13-19-36-30-17-15-25(22-28(30)33)26-16-18-31(29(34)23-26)37-32(35)27-20-24(21-27)14-12-6-4-2/h15-18,22-24,27H,3-14,19-21H2,1-2H3. The van der Waals surface area contributed by atoms with E-state index in [9.17, 15) is 13.6 Å². The molecule has 0 bridgehead atoms. The van der Waals surface area contributed by atoms with Crippen molar-refractivity contribution in [3.8, 4) is 22.6 Å². The van der Waals surface area contributed by atoms with E-state index in [-0.39, 0.29) is 23.4 Å². The minimum Gasteiger partial charge on any atom is -0.491 e. The van der Waals surface area contributed by atoms with Crippen molar-refractivity contribution in [1.82, 2.24) is 0 Å². The molecular weight excluding hydrogens is 470 g/mol. The minimum absolute atomic E-state index is 0.0750. The zero-order chi connectivity index (χ0) is 26.5. The van der Waals surface area contributed by atoms with Gasteiger partial charge in [0.1, 0.15) is 0 Å². The smallest absolute Gasteiger partial charge is 0.314 e. The fourth-order valence-electron chi connectivity index (χ4n) is 5.02. The molecule has 5 heteroatoms. The van der Waals surface area contributed by atoms with Crippen molar-refractivity contribution in [2.45, 2.75) is 104 Å². The quantitative estimate of drug-likeness (QED) is 0.120. The van der Waals surface area contributed by atoms with Gasteiger partial charge < -0.3 is 9.47 Å². The van der Waals surface area contributed by atoms with Gasteiger partial charge in [0.2, 0.25) is 0 Å². The highest BCUT2D eigenvalue weighted by Crippen LogP contribution is 2.38. The van der Waals surface area contributed by atoms with Crippen LogP contribution in [0.25, 0.3) is 11.1 Å². The van der Waals surface area contributed by atoms with Crippen molar-refractivity contribution in [1.29, 1.82) is 0 Å². The molecule has 37 heavy (non-hydrogen) atoms. The van der Waals surface area contributed by atoms with E-state index >= 15 is 0 Å². The molecular formula is C32H44F2O3. The van der Waals surface area contributed by atoms with Crippen LogP contribution in [0, 0.1) is 23.5 Å². The Morgan fingerprint density at radius 1 is 0.757 bits per heavy atom. The number of hydrogen-bond acceptors (Lipinski definition) is 3. The molecule has 1 aliphatic carbocycles. The van der Waals surface area contributed by atoms with Gasteiger partial charge in [-0.3, -0.25) is 4.79 Å². The predicted molar refractivity (Wildman–Crippen MR) is 146 cm³/mol. The lowest BCUT2D eigenvalue weighted by Crippen LogP contribution is -2.33. The van der Waals surface area contributed by atoms with Crippen LogP contribution in [-0.2, 0) is 4.79 Å². The average Bonchev–Trinajstić information content (AvgIpc) is 2.86. The highest BCUT2D eigenvalue weighted by Gasteiger charge is 2.35. The van der Waals surface area contributed by atoms with E-state index in [1.807, 2.05) is 0 Å². The number of halogens is 2. The molecule has 1 fully saturated rings. The topological polar surface area (TPSA) is 35.5 Å². The summed E-state index contributed by atoms with van der Waals surface area (Å²) in [7, 11) is 0. The Labute approximate surface area is 222 Å². The Morgan fingerprint density at radius 2 is 1.30 bits per heavy atom. The summed E-state index contributed by atoms with van der Waals surface area (Å²) in [5.41, 5.74) is 1.06.